The van der Waals surface area contributed by atoms with Crippen LogP contribution in [-0.2, 0) is 34.5 Å². The number of carbonyl (C=O) groups excluding carboxylic acids is 1. The van der Waals surface area contributed by atoms with Crippen LogP contribution in [0.5, 0.6) is 0 Å². The molecular formula is C41H40F5N3O3S. The van der Waals surface area contributed by atoms with Gasteiger partial charge in [0.1, 0.15) is 6.50 Å². The molecule has 2 heterocycles. The molecular weight excluding hydrogens is 710 g/mol. The average molecular weight is 767 g/mol. The zero-order chi connectivity index (χ0) is 52.9. The summed E-state index contributed by atoms with van der Waals surface area (Å²) in [4.78, 5) is 29.0. The van der Waals surface area contributed by atoms with Crippen LogP contribution in [-0.4, -0.2) is 59.5 Å². The maximum atomic E-state index is 15.7. The van der Waals surface area contributed by atoms with E-state index in [4.69, 9.17) is 15.7 Å². The summed E-state index contributed by atoms with van der Waals surface area (Å²) in [6, 6.07) is 1.56. The largest absolute Gasteiger partial charge is 0.416 e. The molecule has 1 aliphatic rings. The number of alkyl halides is 3. The second kappa shape index (κ2) is 16.7. The highest BCUT2D eigenvalue weighted by Crippen LogP contribution is 2.32. The number of ether oxygens (including phenoxy) is 1. The van der Waals surface area contributed by atoms with E-state index >= 15 is 9.18 Å². The average Bonchev–Trinajstić information content (AvgIpc) is 3.28. The van der Waals surface area contributed by atoms with Crippen molar-refractivity contribution >= 4 is 28.6 Å². The predicted molar refractivity (Wildman–Crippen MR) is 198 cm³/mol. The summed E-state index contributed by atoms with van der Waals surface area (Å²) in [7, 11) is 1.09. The first-order valence-electron chi connectivity index (χ1n) is 24.1. The molecule has 53 heavy (non-hydrogen) atoms. The molecule has 0 spiro atoms. The zero-order valence-electron chi connectivity index (χ0n) is 44.8. The van der Waals surface area contributed by atoms with Gasteiger partial charge in [0.25, 0.3) is 0 Å². The van der Waals surface area contributed by atoms with Gasteiger partial charge in [-0.05, 0) is 66.6 Å². The molecule has 1 saturated heterocycles. The smallest absolute Gasteiger partial charge is 0.383 e. The molecule has 0 atom stereocenters. The lowest BCUT2D eigenvalue weighted by atomic mass is 10.00. The fourth-order valence-electron chi connectivity index (χ4n) is 4.93. The summed E-state index contributed by atoms with van der Waals surface area (Å²) in [5, 5.41) is -2.01. The SMILES string of the molecule is [2H]c1c(C)c([2H])c2c(=O)c([2H])c(SCc3cccc(F)c3F)n(C([2H])([2H])C(=O)N(C([2H])([2H])c3ccc(-c4ccc(C(F)(F)F)cc4)cc3)C3([2H])C([2H])([2H])C([2H])([2H])N(CCOC)C([2H])([2H])C3([2H])[2H])c2c1[2H]. The van der Waals surface area contributed by atoms with E-state index in [-0.39, 0.29) is 37.9 Å². The van der Waals surface area contributed by atoms with E-state index in [9.17, 15) is 34.7 Å². The second-order valence-electron chi connectivity index (χ2n) is 11.3. The molecule has 278 valence electrons. The van der Waals surface area contributed by atoms with E-state index in [1.54, 1.807) is 0 Å². The minimum atomic E-state index is -4.72. The van der Waals surface area contributed by atoms with Gasteiger partial charge in [0.2, 0.25) is 5.91 Å². The topological polar surface area (TPSA) is 54.8 Å². The van der Waals surface area contributed by atoms with Gasteiger partial charge in [-0.15, -0.1) is 11.8 Å². The van der Waals surface area contributed by atoms with Gasteiger partial charge in [0.05, 0.1) is 35.0 Å². The van der Waals surface area contributed by atoms with Crippen molar-refractivity contribution in [2.75, 3.05) is 33.3 Å². The van der Waals surface area contributed by atoms with Crippen molar-refractivity contribution in [3.05, 3.63) is 135 Å². The van der Waals surface area contributed by atoms with Crippen molar-refractivity contribution < 1.29 is 54.8 Å². The quantitative estimate of drug-likeness (QED) is 0.0940. The van der Waals surface area contributed by atoms with E-state index in [0.717, 1.165) is 80.8 Å². The Labute approximate surface area is 333 Å². The maximum Gasteiger partial charge on any atom is 0.416 e. The number of hydrogen-bond acceptors (Lipinski definition) is 5. The number of piperidine rings is 1. The third-order valence-corrected chi connectivity index (χ3v) is 8.64. The summed E-state index contributed by atoms with van der Waals surface area (Å²) in [5.74, 6) is -6.16. The number of rotatable bonds is 12. The minimum Gasteiger partial charge on any atom is -0.383 e. The first kappa shape index (κ1) is 22.0. The van der Waals surface area contributed by atoms with E-state index in [2.05, 4.69) is 0 Å². The van der Waals surface area contributed by atoms with Crippen LogP contribution < -0.4 is 5.43 Å². The van der Waals surface area contributed by atoms with E-state index in [1.807, 2.05) is 0 Å². The van der Waals surface area contributed by atoms with Crippen LogP contribution in [0.15, 0.2) is 101 Å². The van der Waals surface area contributed by atoms with Crippen LogP contribution in [0.3, 0.4) is 0 Å². The Kier molecular flexibility index (Phi) is 6.91. The number of aromatic nitrogens is 1. The molecule has 6 rings (SSSR count). The van der Waals surface area contributed by atoms with Gasteiger partial charge in [-0.25, -0.2) is 8.78 Å². The summed E-state index contributed by atoms with van der Waals surface area (Å²) >= 11 is 0.169. The number of methoxy groups -OCH3 is 1. The monoisotopic (exact) mass is 766 g/mol. The van der Waals surface area contributed by atoms with Crippen molar-refractivity contribution in [2.24, 2.45) is 0 Å². The molecule has 0 bridgehead atoms. The zero-order valence-corrected chi connectivity index (χ0v) is 28.7. The summed E-state index contributed by atoms with van der Waals surface area (Å²) < 4.78 is 231. The maximum absolute atomic E-state index is 15.7. The van der Waals surface area contributed by atoms with Crippen LogP contribution in [0.2, 0.25) is 0 Å². The molecule has 0 saturated carbocycles. The Morgan fingerprint density at radius 3 is 2.38 bits per heavy atom. The Morgan fingerprint density at radius 1 is 1.04 bits per heavy atom. The Balaban J connectivity index is 1.70. The highest BCUT2D eigenvalue weighted by atomic mass is 32.2. The van der Waals surface area contributed by atoms with Crippen molar-refractivity contribution in [1.82, 2.24) is 14.4 Å². The van der Waals surface area contributed by atoms with Crippen LogP contribution in [0.1, 0.15) is 58.3 Å². The first-order valence-corrected chi connectivity index (χ1v) is 16.6. The van der Waals surface area contributed by atoms with Crippen molar-refractivity contribution in [3.63, 3.8) is 0 Å². The van der Waals surface area contributed by atoms with Crippen molar-refractivity contribution in [3.8, 4) is 11.1 Å². The lowest BCUT2D eigenvalue weighted by Gasteiger charge is -2.39. The van der Waals surface area contributed by atoms with Crippen LogP contribution in [0.25, 0.3) is 22.0 Å². The van der Waals surface area contributed by atoms with Crippen LogP contribution in [0.4, 0.5) is 22.0 Å². The second-order valence-corrected chi connectivity index (χ2v) is 12.3. The fraction of sp³-hybridized carbons (Fsp3) is 0.317. The number of benzene rings is 4. The van der Waals surface area contributed by atoms with Crippen LogP contribution in [0, 0.1) is 18.6 Å². The number of hydrogen-bond donors (Lipinski definition) is 0. The van der Waals surface area contributed by atoms with Gasteiger partial charge in [0.15, 0.2) is 17.1 Å². The molecule has 0 aliphatic carbocycles. The van der Waals surface area contributed by atoms with Crippen molar-refractivity contribution in [1.29, 1.82) is 0 Å². The number of pyridine rings is 1. The van der Waals surface area contributed by atoms with E-state index in [0.29, 0.717) is 0 Å². The van der Waals surface area contributed by atoms with Crippen molar-refractivity contribution in [2.45, 2.75) is 55.6 Å². The van der Waals surface area contributed by atoms with Gasteiger partial charge in [-0.1, -0.05) is 60.1 Å². The predicted octanol–water partition coefficient (Wildman–Crippen LogP) is 8.71. The molecule has 12 heteroatoms. The molecule has 4 aromatic carbocycles. The Hall–Kier alpha value is -4.52. The lowest BCUT2D eigenvalue weighted by molar-refractivity contribution is -0.137. The number of carbonyl (C=O) groups is 1. The molecule has 1 amide bonds. The van der Waals surface area contributed by atoms with Crippen LogP contribution >= 0.6 is 11.8 Å². The summed E-state index contributed by atoms with van der Waals surface area (Å²) in [5.41, 5.74) is -5.05. The van der Waals surface area contributed by atoms with Gasteiger partial charge in [0, 0.05) is 72.9 Å². The standard InChI is InChI=1S/C41H40F5N3O3S/c1-27-6-15-36-34(22-27)37(50)23-39(53-26-31-4-3-5-35(42)40(31)43)49(36)25-38(51)48(33-16-18-47(19-17-33)20-21-52-2)24-28-7-9-29(10-8-28)30-11-13-32(14-12-30)41(44,45)46/h3-15,22-23,33H,16-21,24-26H2,1-2H3/i6D,15D,16D2,17D2,18D2,19D2,22D,23D,24D2,25D2,33D. The normalized spacial score (nSPS) is 23.8. The lowest BCUT2D eigenvalue weighted by Crippen LogP contribution is -2.48. The number of likely N-dealkylation sites (tertiary alicyclic amines) is 1. The first-order chi connectivity index (χ1) is 32.0. The molecule has 6 nitrogen and oxygen atoms in total. The molecule has 0 unspecified atom stereocenters. The molecule has 5 aromatic rings. The number of fused-ring (bicyclic) bond motifs is 1. The summed E-state index contributed by atoms with van der Waals surface area (Å²) in [6.45, 7) is -16.5. The third kappa shape index (κ3) is 9.17. The number of amides is 1. The molecule has 1 aromatic heterocycles. The minimum absolute atomic E-state index is 0.00413. The van der Waals surface area contributed by atoms with Gasteiger partial charge in [-0.3, -0.25) is 9.59 Å². The molecule has 0 N–H and O–H groups in total. The molecule has 1 fully saturated rings. The number of nitrogens with zero attached hydrogens (tertiary/aromatic N) is 3. The summed E-state index contributed by atoms with van der Waals surface area (Å²) in [6.07, 6.45) is -13.4. The molecule has 1 aliphatic heterocycles. The van der Waals surface area contributed by atoms with Gasteiger partial charge < -0.3 is 19.1 Å². The Morgan fingerprint density at radius 2 is 1.72 bits per heavy atom. The third-order valence-electron chi connectivity index (χ3n) is 7.63. The fourth-order valence-corrected chi connectivity index (χ4v) is 5.88. The van der Waals surface area contributed by atoms with Gasteiger partial charge >= 0.3 is 6.18 Å². The van der Waals surface area contributed by atoms with E-state index in [1.165, 1.54) is 0 Å². The highest BCUT2D eigenvalue weighted by Gasteiger charge is 2.31. The Bertz CT molecular complexity index is 2910. The molecule has 0 radical (unpaired) electrons. The van der Waals surface area contributed by atoms with E-state index < -0.39 is 154 Å². The van der Waals surface area contributed by atoms with Gasteiger partial charge in [-0.2, -0.15) is 13.2 Å². The highest BCUT2D eigenvalue weighted by molar-refractivity contribution is 7.98. The number of halogens is 5. The number of thioether (sulfide) groups is 1.